The Bertz CT molecular complexity index is 921. The number of aliphatic hydroxyl groups is 1. The summed E-state index contributed by atoms with van der Waals surface area (Å²) in [6, 6.07) is 11.7. The Kier molecular flexibility index (Phi) is 5.80. The fourth-order valence-electron chi connectivity index (χ4n) is 4.62. The van der Waals surface area contributed by atoms with Crippen LogP contribution in [0.15, 0.2) is 42.5 Å². The molecule has 4 N–H and O–H groups in total. The lowest BCUT2D eigenvalue weighted by Gasteiger charge is -2.31. The average molecular weight is 413 g/mol. The van der Waals surface area contributed by atoms with Gasteiger partial charge in [-0.1, -0.05) is 24.3 Å². The quantitative estimate of drug-likeness (QED) is 0.546. The molecule has 8 heteroatoms. The number of ether oxygens (including phenoxy) is 2. The van der Waals surface area contributed by atoms with E-state index in [1.807, 2.05) is 37.3 Å². The molecule has 1 amide bonds. The van der Waals surface area contributed by atoms with Crippen molar-refractivity contribution in [3.8, 4) is 17.2 Å². The fourth-order valence-corrected chi connectivity index (χ4v) is 4.62. The van der Waals surface area contributed by atoms with E-state index in [2.05, 4.69) is 10.9 Å². The van der Waals surface area contributed by atoms with Gasteiger partial charge in [0.15, 0.2) is 11.5 Å². The summed E-state index contributed by atoms with van der Waals surface area (Å²) in [6.45, 7) is 2.51. The molecule has 2 fully saturated rings. The molecule has 2 heterocycles. The zero-order chi connectivity index (χ0) is 21.3. The first-order valence-corrected chi connectivity index (χ1v) is 10.1. The molecule has 0 radical (unpaired) electrons. The molecule has 2 aliphatic rings. The number of hydrazine groups is 1. The molecule has 2 aliphatic heterocycles. The maximum absolute atomic E-state index is 13.1. The summed E-state index contributed by atoms with van der Waals surface area (Å²) in [5.74, 6) is 1.12. The van der Waals surface area contributed by atoms with Gasteiger partial charge in [0, 0.05) is 18.0 Å². The minimum Gasteiger partial charge on any atom is -0.508 e. The van der Waals surface area contributed by atoms with Crippen LogP contribution in [0.25, 0.3) is 0 Å². The summed E-state index contributed by atoms with van der Waals surface area (Å²) in [6.07, 6.45) is 0. The number of phenols is 1. The van der Waals surface area contributed by atoms with E-state index in [0.29, 0.717) is 18.1 Å². The Labute approximate surface area is 175 Å². The number of amides is 1. The van der Waals surface area contributed by atoms with Crippen LogP contribution in [-0.2, 0) is 4.79 Å². The number of fused-ring (bicyclic) bond motifs is 1. The SMILES string of the molecule is CCOc1ccc(C2C3C(NNC3c3ccccc3O)C(=O)N2CCO)cc1OC. The third-order valence-corrected chi connectivity index (χ3v) is 5.86. The standard InChI is InChI=1S/C22H27N3O5/c1-3-30-16-9-8-13(12-17(16)29-2)21-18-19(14-6-4-5-7-15(14)27)23-24-20(18)22(28)25(21)10-11-26/h4-9,12,18-21,23-24,26-27H,3,10-11H2,1-2H3. The number of aliphatic hydroxyl groups excluding tert-OH is 1. The van der Waals surface area contributed by atoms with Gasteiger partial charge in [-0.05, 0) is 30.7 Å². The molecule has 0 aliphatic carbocycles. The highest BCUT2D eigenvalue weighted by Gasteiger charge is 2.55. The van der Waals surface area contributed by atoms with E-state index in [-0.39, 0.29) is 42.8 Å². The summed E-state index contributed by atoms with van der Waals surface area (Å²) in [5.41, 5.74) is 7.90. The minimum absolute atomic E-state index is 0.0858. The van der Waals surface area contributed by atoms with Gasteiger partial charge in [0.05, 0.1) is 32.4 Å². The van der Waals surface area contributed by atoms with Crippen LogP contribution < -0.4 is 20.3 Å². The van der Waals surface area contributed by atoms with Gasteiger partial charge in [0.25, 0.3) is 0 Å². The monoisotopic (exact) mass is 413 g/mol. The average Bonchev–Trinajstić information content (AvgIpc) is 3.29. The van der Waals surface area contributed by atoms with E-state index in [0.717, 1.165) is 11.1 Å². The van der Waals surface area contributed by atoms with Crippen LogP contribution in [-0.4, -0.2) is 53.9 Å². The molecule has 2 aromatic carbocycles. The lowest BCUT2D eigenvalue weighted by Crippen LogP contribution is -2.42. The van der Waals surface area contributed by atoms with Crippen molar-refractivity contribution in [2.24, 2.45) is 5.92 Å². The van der Waals surface area contributed by atoms with E-state index in [9.17, 15) is 15.0 Å². The van der Waals surface area contributed by atoms with Crippen LogP contribution in [0.4, 0.5) is 0 Å². The van der Waals surface area contributed by atoms with Crippen molar-refractivity contribution in [1.82, 2.24) is 15.8 Å². The lowest BCUT2D eigenvalue weighted by atomic mass is 9.83. The highest BCUT2D eigenvalue weighted by atomic mass is 16.5. The van der Waals surface area contributed by atoms with E-state index >= 15 is 0 Å². The minimum atomic E-state index is -0.469. The molecule has 0 bridgehead atoms. The number of β-amino-alcohol motifs (C(OH)–C–C–N with tert-alkyl or cyclic N) is 1. The summed E-state index contributed by atoms with van der Waals surface area (Å²) in [7, 11) is 1.58. The largest absolute Gasteiger partial charge is 0.508 e. The molecule has 0 saturated carbocycles. The summed E-state index contributed by atoms with van der Waals surface area (Å²) in [5, 5.41) is 20.0. The zero-order valence-corrected chi connectivity index (χ0v) is 17.0. The van der Waals surface area contributed by atoms with Crippen molar-refractivity contribution in [2.45, 2.75) is 25.0 Å². The number of hydrogen-bond acceptors (Lipinski definition) is 7. The normalized spacial score (nSPS) is 25.4. The molecule has 2 saturated heterocycles. The highest BCUT2D eigenvalue weighted by Crippen LogP contribution is 2.49. The second-order valence-electron chi connectivity index (χ2n) is 7.42. The smallest absolute Gasteiger partial charge is 0.242 e. The molecule has 0 spiro atoms. The summed E-state index contributed by atoms with van der Waals surface area (Å²) < 4.78 is 11.1. The number of para-hydroxylation sites is 1. The van der Waals surface area contributed by atoms with Crippen LogP contribution in [0.1, 0.15) is 30.1 Å². The second kappa shape index (κ2) is 8.51. The van der Waals surface area contributed by atoms with Crippen LogP contribution in [0.5, 0.6) is 17.2 Å². The number of aromatic hydroxyl groups is 1. The van der Waals surface area contributed by atoms with Crippen LogP contribution in [0.3, 0.4) is 0 Å². The predicted molar refractivity (Wildman–Crippen MR) is 110 cm³/mol. The van der Waals surface area contributed by atoms with E-state index in [4.69, 9.17) is 9.47 Å². The molecule has 8 nitrogen and oxygen atoms in total. The number of carbonyl (C=O) groups excluding carboxylic acids is 1. The molecular weight excluding hydrogens is 386 g/mol. The van der Waals surface area contributed by atoms with Crippen LogP contribution >= 0.6 is 0 Å². The number of hydrogen-bond donors (Lipinski definition) is 4. The third-order valence-electron chi connectivity index (χ3n) is 5.86. The maximum Gasteiger partial charge on any atom is 0.242 e. The third kappa shape index (κ3) is 3.36. The van der Waals surface area contributed by atoms with Crippen molar-refractivity contribution in [1.29, 1.82) is 0 Å². The van der Waals surface area contributed by atoms with Crippen LogP contribution in [0.2, 0.25) is 0 Å². The molecule has 160 valence electrons. The Hall–Kier alpha value is -2.81. The molecule has 2 aromatic rings. The molecule has 0 aromatic heterocycles. The molecule has 30 heavy (non-hydrogen) atoms. The van der Waals surface area contributed by atoms with Gasteiger partial charge < -0.3 is 24.6 Å². The number of nitrogens with one attached hydrogen (secondary N) is 2. The highest BCUT2D eigenvalue weighted by molar-refractivity contribution is 5.86. The van der Waals surface area contributed by atoms with Gasteiger partial charge in [-0.3, -0.25) is 4.79 Å². The van der Waals surface area contributed by atoms with Crippen LogP contribution in [0, 0.1) is 5.92 Å². The Morgan fingerprint density at radius 3 is 2.57 bits per heavy atom. The number of methoxy groups -OCH3 is 1. The number of phenolic OH excluding ortho intramolecular Hbond substituents is 1. The maximum atomic E-state index is 13.1. The summed E-state index contributed by atoms with van der Waals surface area (Å²) >= 11 is 0. The van der Waals surface area contributed by atoms with E-state index < -0.39 is 6.04 Å². The van der Waals surface area contributed by atoms with E-state index in [1.54, 1.807) is 24.1 Å². The van der Waals surface area contributed by atoms with Gasteiger partial charge in [-0.25, -0.2) is 10.9 Å². The topological polar surface area (TPSA) is 103 Å². The first-order chi connectivity index (χ1) is 14.6. The Morgan fingerprint density at radius 2 is 1.87 bits per heavy atom. The number of likely N-dealkylation sites (tertiary alicyclic amines) is 1. The zero-order valence-electron chi connectivity index (χ0n) is 17.0. The first kappa shape index (κ1) is 20.5. The van der Waals surface area contributed by atoms with Gasteiger partial charge in [0.2, 0.25) is 5.91 Å². The van der Waals surface area contributed by atoms with Crippen molar-refractivity contribution in [2.75, 3.05) is 26.9 Å². The number of benzene rings is 2. The molecular formula is C22H27N3O5. The molecule has 4 unspecified atom stereocenters. The van der Waals surface area contributed by atoms with E-state index in [1.165, 1.54) is 0 Å². The number of nitrogens with zero attached hydrogens (tertiary/aromatic N) is 1. The van der Waals surface area contributed by atoms with Crippen molar-refractivity contribution < 1.29 is 24.5 Å². The van der Waals surface area contributed by atoms with Crippen molar-refractivity contribution in [3.63, 3.8) is 0 Å². The summed E-state index contributed by atoms with van der Waals surface area (Å²) in [4.78, 5) is 14.8. The number of carbonyl (C=O) groups is 1. The number of rotatable bonds is 7. The van der Waals surface area contributed by atoms with Gasteiger partial charge in [0.1, 0.15) is 11.8 Å². The van der Waals surface area contributed by atoms with Gasteiger partial charge >= 0.3 is 0 Å². The predicted octanol–water partition coefficient (Wildman–Crippen LogP) is 1.51. The first-order valence-electron chi connectivity index (χ1n) is 10.1. The Balaban J connectivity index is 1.78. The van der Waals surface area contributed by atoms with Crippen molar-refractivity contribution >= 4 is 5.91 Å². The van der Waals surface area contributed by atoms with Crippen molar-refractivity contribution in [3.05, 3.63) is 53.6 Å². The molecule has 4 atom stereocenters. The fraction of sp³-hybridized carbons (Fsp3) is 0.409. The van der Waals surface area contributed by atoms with Gasteiger partial charge in [-0.2, -0.15) is 0 Å². The second-order valence-corrected chi connectivity index (χ2v) is 7.42. The molecule has 4 rings (SSSR count). The lowest BCUT2D eigenvalue weighted by molar-refractivity contribution is -0.131. The van der Waals surface area contributed by atoms with Gasteiger partial charge in [-0.15, -0.1) is 0 Å². The Morgan fingerprint density at radius 1 is 1.10 bits per heavy atom.